The van der Waals surface area contributed by atoms with E-state index in [1.807, 2.05) is 12.2 Å². The van der Waals surface area contributed by atoms with Crippen molar-refractivity contribution in [2.24, 2.45) is 5.92 Å². The molecule has 0 bridgehead atoms. The first-order valence-corrected chi connectivity index (χ1v) is 5.56. The fourth-order valence-corrected chi connectivity index (χ4v) is 1.61. The van der Waals surface area contributed by atoms with E-state index in [1.54, 1.807) is 0 Å². The molecule has 0 saturated heterocycles. The molecule has 1 aliphatic rings. The van der Waals surface area contributed by atoms with Crippen LogP contribution in [0.2, 0.25) is 0 Å². The topological polar surface area (TPSA) is 38.3 Å². The van der Waals surface area contributed by atoms with Crippen LogP contribution in [0.25, 0.3) is 0 Å². The minimum atomic E-state index is -4.31. The minimum absolute atomic E-state index is 0.0531. The lowest BCUT2D eigenvalue weighted by molar-refractivity contribution is -0.173. The van der Waals surface area contributed by atoms with Crippen molar-refractivity contribution in [1.29, 1.82) is 0 Å². The van der Waals surface area contributed by atoms with E-state index >= 15 is 0 Å². The molecule has 1 amide bonds. The van der Waals surface area contributed by atoms with Crippen LogP contribution in [0, 0.1) is 5.92 Å². The Bertz CT molecular complexity index is 276. The van der Waals surface area contributed by atoms with Gasteiger partial charge in [-0.1, -0.05) is 12.2 Å². The van der Waals surface area contributed by atoms with Gasteiger partial charge in [0, 0.05) is 12.5 Å². The molecule has 0 radical (unpaired) electrons. The zero-order valence-electron chi connectivity index (χ0n) is 9.43. The molecule has 0 aromatic rings. The number of allylic oxidation sites excluding steroid dienone is 2. The van der Waals surface area contributed by atoms with Gasteiger partial charge in [0.1, 0.15) is 6.61 Å². The molecule has 0 fully saturated rings. The lowest BCUT2D eigenvalue weighted by Gasteiger charge is -2.17. The van der Waals surface area contributed by atoms with E-state index in [4.69, 9.17) is 0 Å². The van der Waals surface area contributed by atoms with Gasteiger partial charge >= 0.3 is 6.18 Å². The van der Waals surface area contributed by atoms with Crippen LogP contribution in [0.3, 0.4) is 0 Å². The van der Waals surface area contributed by atoms with E-state index in [1.165, 1.54) is 0 Å². The Balaban J connectivity index is 2.06. The SMILES string of the molecule is O=C(NCCOCC(F)(F)F)C1CC=CCC1. The summed E-state index contributed by atoms with van der Waals surface area (Å²) in [6.07, 6.45) is 2.05. The Morgan fingerprint density at radius 1 is 1.41 bits per heavy atom. The number of ether oxygens (including phenoxy) is 1. The number of rotatable bonds is 5. The number of amides is 1. The zero-order valence-corrected chi connectivity index (χ0v) is 9.43. The third-order valence-electron chi connectivity index (χ3n) is 2.45. The maximum Gasteiger partial charge on any atom is 0.411 e. The minimum Gasteiger partial charge on any atom is -0.370 e. The largest absolute Gasteiger partial charge is 0.411 e. The number of nitrogens with one attached hydrogen (secondary N) is 1. The molecule has 0 aliphatic heterocycles. The quantitative estimate of drug-likeness (QED) is 0.600. The van der Waals surface area contributed by atoms with Crippen molar-refractivity contribution in [3.8, 4) is 0 Å². The van der Waals surface area contributed by atoms with Crippen molar-refractivity contribution >= 4 is 5.91 Å². The van der Waals surface area contributed by atoms with E-state index in [-0.39, 0.29) is 25.0 Å². The Kier molecular flexibility index (Phi) is 5.47. The molecule has 0 aromatic heterocycles. The van der Waals surface area contributed by atoms with Crippen molar-refractivity contribution in [3.63, 3.8) is 0 Å². The van der Waals surface area contributed by atoms with E-state index in [0.29, 0.717) is 6.42 Å². The van der Waals surface area contributed by atoms with Crippen molar-refractivity contribution in [3.05, 3.63) is 12.2 Å². The van der Waals surface area contributed by atoms with Crippen molar-refractivity contribution in [2.75, 3.05) is 19.8 Å². The molecule has 1 atom stereocenters. The predicted molar refractivity (Wildman–Crippen MR) is 56.4 cm³/mol. The first-order valence-electron chi connectivity index (χ1n) is 5.56. The highest BCUT2D eigenvalue weighted by molar-refractivity contribution is 5.78. The summed E-state index contributed by atoms with van der Waals surface area (Å²) in [7, 11) is 0. The van der Waals surface area contributed by atoms with Gasteiger partial charge < -0.3 is 10.1 Å². The second-order valence-electron chi connectivity index (χ2n) is 3.94. The molecule has 0 aromatic carbocycles. The third kappa shape index (κ3) is 6.31. The molecule has 3 nitrogen and oxygen atoms in total. The molecule has 0 saturated carbocycles. The fourth-order valence-electron chi connectivity index (χ4n) is 1.61. The Hall–Kier alpha value is -1.04. The standard InChI is InChI=1S/C11H16F3NO2/c12-11(13,14)8-17-7-6-15-10(16)9-4-2-1-3-5-9/h1-2,9H,3-8H2,(H,15,16). The summed E-state index contributed by atoms with van der Waals surface area (Å²) in [5, 5.41) is 2.57. The number of hydrogen-bond acceptors (Lipinski definition) is 2. The summed E-state index contributed by atoms with van der Waals surface area (Å²) in [6, 6.07) is 0. The van der Waals surface area contributed by atoms with Crippen LogP contribution in [-0.2, 0) is 9.53 Å². The average Bonchev–Trinajstić information content (AvgIpc) is 2.28. The van der Waals surface area contributed by atoms with E-state index in [9.17, 15) is 18.0 Å². The van der Waals surface area contributed by atoms with Gasteiger partial charge in [0.15, 0.2) is 0 Å². The first kappa shape index (κ1) is 14.0. The smallest absolute Gasteiger partial charge is 0.370 e. The van der Waals surface area contributed by atoms with Crippen LogP contribution in [-0.4, -0.2) is 31.8 Å². The number of halogens is 3. The monoisotopic (exact) mass is 251 g/mol. The summed E-state index contributed by atoms with van der Waals surface area (Å²) in [4.78, 5) is 11.5. The average molecular weight is 251 g/mol. The molecular formula is C11H16F3NO2. The highest BCUT2D eigenvalue weighted by atomic mass is 19.4. The summed E-state index contributed by atoms with van der Waals surface area (Å²) in [6.45, 7) is -1.27. The Labute approximate surface area is 98.0 Å². The van der Waals surface area contributed by atoms with Crippen LogP contribution in [0.1, 0.15) is 19.3 Å². The van der Waals surface area contributed by atoms with Gasteiger partial charge in [-0.05, 0) is 19.3 Å². The maximum atomic E-state index is 11.7. The molecule has 1 rings (SSSR count). The summed E-state index contributed by atoms with van der Waals surface area (Å²) < 4.78 is 39.5. The number of hydrogen-bond donors (Lipinski definition) is 1. The Morgan fingerprint density at radius 3 is 2.76 bits per heavy atom. The molecule has 98 valence electrons. The van der Waals surface area contributed by atoms with Crippen LogP contribution < -0.4 is 5.32 Å². The van der Waals surface area contributed by atoms with E-state index in [0.717, 1.165) is 12.8 Å². The van der Waals surface area contributed by atoms with Crippen molar-refractivity contribution in [2.45, 2.75) is 25.4 Å². The summed E-state index contributed by atoms with van der Waals surface area (Å²) in [5.41, 5.74) is 0. The van der Waals surface area contributed by atoms with Gasteiger partial charge in [-0.15, -0.1) is 0 Å². The molecular weight excluding hydrogens is 235 g/mol. The number of alkyl halides is 3. The highest BCUT2D eigenvalue weighted by Gasteiger charge is 2.27. The van der Waals surface area contributed by atoms with E-state index in [2.05, 4.69) is 10.1 Å². The number of carbonyl (C=O) groups excluding carboxylic acids is 1. The highest BCUT2D eigenvalue weighted by Crippen LogP contribution is 2.17. The van der Waals surface area contributed by atoms with Crippen LogP contribution in [0.4, 0.5) is 13.2 Å². The zero-order chi connectivity index (χ0) is 12.7. The molecule has 1 aliphatic carbocycles. The van der Waals surface area contributed by atoms with Gasteiger partial charge in [-0.25, -0.2) is 0 Å². The van der Waals surface area contributed by atoms with Gasteiger partial charge in [0.2, 0.25) is 5.91 Å². The van der Waals surface area contributed by atoms with Crippen LogP contribution in [0.5, 0.6) is 0 Å². The second-order valence-corrected chi connectivity index (χ2v) is 3.94. The lowest BCUT2D eigenvalue weighted by Crippen LogP contribution is -2.34. The molecule has 1 unspecified atom stereocenters. The van der Waals surface area contributed by atoms with Crippen molar-refractivity contribution in [1.82, 2.24) is 5.32 Å². The van der Waals surface area contributed by atoms with Crippen molar-refractivity contribution < 1.29 is 22.7 Å². The molecule has 17 heavy (non-hydrogen) atoms. The maximum absolute atomic E-state index is 11.7. The molecule has 6 heteroatoms. The first-order chi connectivity index (χ1) is 7.99. The predicted octanol–water partition coefficient (Wildman–Crippen LogP) is 2.04. The van der Waals surface area contributed by atoms with Gasteiger partial charge in [-0.3, -0.25) is 4.79 Å². The molecule has 0 spiro atoms. The van der Waals surface area contributed by atoms with Gasteiger partial charge in [0.05, 0.1) is 6.61 Å². The normalized spacial score (nSPS) is 20.3. The molecule has 1 N–H and O–H groups in total. The van der Waals surface area contributed by atoms with Gasteiger partial charge in [0.25, 0.3) is 0 Å². The van der Waals surface area contributed by atoms with Crippen LogP contribution in [0.15, 0.2) is 12.2 Å². The van der Waals surface area contributed by atoms with Gasteiger partial charge in [-0.2, -0.15) is 13.2 Å². The summed E-state index contributed by atoms with van der Waals surface area (Å²) >= 11 is 0. The summed E-state index contributed by atoms with van der Waals surface area (Å²) in [5.74, 6) is -0.160. The number of carbonyl (C=O) groups is 1. The fraction of sp³-hybridized carbons (Fsp3) is 0.727. The van der Waals surface area contributed by atoms with Crippen LogP contribution >= 0.6 is 0 Å². The second kappa shape index (κ2) is 6.64. The lowest BCUT2D eigenvalue weighted by atomic mass is 9.94. The molecule has 0 heterocycles. The Morgan fingerprint density at radius 2 is 2.18 bits per heavy atom. The van der Waals surface area contributed by atoms with E-state index < -0.39 is 12.8 Å². The third-order valence-corrected chi connectivity index (χ3v) is 2.45.